The summed E-state index contributed by atoms with van der Waals surface area (Å²) in [5.41, 5.74) is 7.70. The molecule has 1 unspecified atom stereocenters. The predicted octanol–water partition coefficient (Wildman–Crippen LogP) is 7.01. The van der Waals surface area contributed by atoms with Gasteiger partial charge < -0.3 is 4.74 Å². The number of Topliss-reactive ketones (excluding diaryl/α,β-unsaturated/α-hetero) is 1. The summed E-state index contributed by atoms with van der Waals surface area (Å²) in [6.45, 7) is 5.73. The quantitative estimate of drug-likeness (QED) is 0.230. The summed E-state index contributed by atoms with van der Waals surface area (Å²) in [5.74, 6) is -0.329. The van der Waals surface area contributed by atoms with Gasteiger partial charge in [0.25, 0.3) is 0 Å². The Morgan fingerprint density at radius 3 is 2.53 bits per heavy atom. The van der Waals surface area contributed by atoms with Crippen molar-refractivity contribution in [2.24, 2.45) is 5.92 Å². The average molecular weight is 476 g/mol. The van der Waals surface area contributed by atoms with E-state index in [9.17, 15) is 9.59 Å². The van der Waals surface area contributed by atoms with E-state index in [1.807, 2.05) is 74.5 Å². The van der Waals surface area contributed by atoms with Gasteiger partial charge in [0.2, 0.25) is 5.78 Å². The van der Waals surface area contributed by atoms with Crippen LogP contribution in [0.15, 0.2) is 72.8 Å². The highest BCUT2D eigenvalue weighted by molar-refractivity contribution is 6.08. The van der Waals surface area contributed by atoms with Gasteiger partial charge in [-0.15, -0.1) is 0 Å². The van der Waals surface area contributed by atoms with Crippen LogP contribution in [0.4, 0.5) is 0 Å². The Labute approximate surface area is 211 Å². The van der Waals surface area contributed by atoms with Gasteiger partial charge in [-0.3, -0.25) is 4.79 Å². The molecule has 180 valence electrons. The molecule has 1 aromatic heterocycles. The summed E-state index contributed by atoms with van der Waals surface area (Å²) in [4.78, 5) is 31.5. The van der Waals surface area contributed by atoms with Crippen LogP contribution < -0.4 is 0 Å². The number of fused-ring (bicyclic) bond motifs is 2. The zero-order valence-corrected chi connectivity index (χ0v) is 20.9. The second kappa shape index (κ2) is 9.90. The molecule has 1 aliphatic carbocycles. The number of nitrogens with zero attached hydrogens (tertiary/aromatic N) is 1. The lowest BCUT2D eigenvalue weighted by molar-refractivity contribution is 0.0475. The van der Waals surface area contributed by atoms with Gasteiger partial charge in [0, 0.05) is 10.9 Å². The first kappa shape index (κ1) is 23.7. The van der Waals surface area contributed by atoms with Crippen molar-refractivity contribution in [1.82, 2.24) is 4.98 Å². The number of pyridine rings is 1. The van der Waals surface area contributed by atoms with E-state index in [1.165, 1.54) is 0 Å². The van der Waals surface area contributed by atoms with Gasteiger partial charge in [-0.05, 0) is 73.1 Å². The molecule has 0 aliphatic heterocycles. The molecule has 0 radical (unpaired) electrons. The molecule has 0 fully saturated rings. The van der Waals surface area contributed by atoms with Gasteiger partial charge in [0.1, 0.15) is 0 Å². The fourth-order valence-corrected chi connectivity index (χ4v) is 5.04. The molecular weight excluding hydrogens is 446 g/mol. The molecule has 0 N–H and O–H groups in total. The molecule has 0 bridgehead atoms. The Bertz CT molecular complexity index is 1500. The molecule has 0 spiro atoms. The molecule has 4 heteroatoms. The third kappa shape index (κ3) is 4.72. The highest BCUT2D eigenvalue weighted by Crippen LogP contribution is 2.38. The standard InChI is InChI=1S/C32H29NO3/c1-20-13-14-22(3)26(16-20)29(34)19-36-32(35)30-25-11-7-8-12-28(25)33-31-24(15-21(2)17-27(30)31)18-23-9-5-4-6-10-23/h4-14,16,18,21H,15,17,19H2,1-3H3. The van der Waals surface area contributed by atoms with Crippen LogP contribution in [-0.4, -0.2) is 23.3 Å². The van der Waals surface area contributed by atoms with Gasteiger partial charge in [-0.2, -0.15) is 0 Å². The largest absolute Gasteiger partial charge is 0.454 e. The van der Waals surface area contributed by atoms with Crippen LogP contribution in [0.25, 0.3) is 22.6 Å². The monoisotopic (exact) mass is 475 g/mol. The van der Waals surface area contributed by atoms with Crippen molar-refractivity contribution in [3.05, 3.63) is 112 Å². The van der Waals surface area contributed by atoms with Crippen molar-refractivity contribution in [1.29, 1.82) is 0 Å². The molecule has 4 nitrogen and oxygen atoms in total. The van der Waals surface area contributed by atoms with E-state index in [0.717, 1.165) is 57.3 Å². The SMILES string of the molecule is Cc1ccc(C)c(C(=O)COC(=O)c2c3c(nc4ccccc24)C(=Cc2ccccc2)CC(C)C3)c1. The van der Waals surface area contributed by atoms with Crippen LogP contribution >= 0.6 is 0 Å². The zero-order valence-electron chi connectivity index (χ0n) is 20.9. The van der Waals surface area contributed by atoms with Crippen molar-refractivity contribution in [2.45, 2.75) is 33.6 Å². The minimum atomic E-state index is -0.475. The van der Waals surface area contributed by atoms with E-state index in [0.29, 0.717) is 17.0 Å². The summed E-state index contributed by atoms with van der Waals surface area (Å²) >= 11 is 0. The van der Waals surface area contributed by atoms with Gasteiger partial charge >= 0.3 is 5.97 Å². The summed E-state index contributed by atoms with van der Waals surface area (Å²) in [6, 6.07) is 23.6. The van der Waals surface area contributed by atoms with Crippen molar-refractivity contribution in [3.8, 4) is 0 Å². The first-order chi connectivity index (χ1) is 17.4. The Hall–Kier alpha value is -4.05. The Morgan fingerprint density at radius 1 is 0.972 bits per heavy atom. The summed E-state index contributed by atoms with van der Waals surface area (Å²) in [5, 5.41) is 0.758. The molecule has 36 heavy (non-hydrogen) atoms. The summed E-state index contributed by atoms with van der Waals surface area (Å²) < 4.78 is 5.67. The molecule has 1 aliphatic rings. The first-order valence-electron chi connectivity index (χ1n) is 12.4. The maximum absolute atomic E-state index is 13.6. The van der Waals surface area contributed by atoms with Crippen LogP contribution in [0.3, 0.4) is 0 Å². The van der Waals surface area contributed by atoms with Gasteiger partial charge in [0.05, 0.1) is 16.8 Å². The second-order valence-corrected chi connectivity index (χ2v) is 9.74. The van der Waals surface area contributed by atoms with Gasteiger partial charge in [-0.1, -0.05) is 73.2 Å². The number of hydrogen-bond acceptors (Lipinski definition) is 4. The number of esters is 1. The van der Waals surface area contributed by atoms with Crippen LogP contribution in [0.1, 0.15) is 62.0 Å². The minimum absolute atomic E-state index is 0.199. The van der Waals surface area contributed by atoms with E-state index >= 15 is 0 Å². The lowest BCUT2D eigenvalue weighted by atomic mass is 9.80. The summed E-state index contributed by atoms with van der Waals surface area (Å²) in [7, 11) is 0. The lowest BCUT2D eigenvalue weighted by Crippen LogP contribution is -2.21. The van der Waals surface area contributed by atoms with E-state index in [1.54, 1.807) is 0 Å². The number of aryl methyl sites for hydroxylation is 2. The molecule has 4 aromatic rings. The molecule has 3 aromatic carbocycles. The van der Waals surface area contributed by atoms with E-state index in [-0.39, 0.29) is 12.4 Å². The zero-order chi connectivity index (χ0) is 25.2. The van der Waals surface area contributed by atoms with Crippen LogP contribution in [0.5, 0.6) is 0 Å². The van der Waals surface area contributed by atoms with E-state index in [4.69, 9.17) is 9.72 Å². The Kier molecular flexibility index (Phi) is 6.51. The highest BCUT2D eigenvalue weighted by Gasteiger charge is 2.29. The highest BCUT2D eigenvalue weighted by atomic mass is 16.5. The topological polar surface area (TPSA) is 56.3 Å². The fourth-order valence-electron chi connectivity index (χ4n) is 5.04. The lowest BCUT2D eigenvalue weighted by Gasteiger charge is -2.26. The fraction of sp³-hybridized carbons (Fsp3) is 0.219. The van der Waals surface area contributed by atoms with Crippen LogP contribution in [0, 0.1) is 19.8 Å². The average Bonchev–Trinajstić information content (AvgIpc) is 2.88. The molecule has 0 amide bonds. The number of ether oxygens (including phenoxy) is 1. The van der Waals surface area contributed by atoms with Crippen molar-refractivity contribution >= 4 is 34.3 Å². The van der Waals surface area contributed by atoms with E-state index in [2.05, 4.69) is 25.1 Å². The molecular formula is C32H29NO3. The number of allylic oxidation sites excluding steroid dienone is 1. The Morgan fingerprint density at radius 2 is 1.72 bits per heavy atom. The molecule has 0 saturated carbocycles. The third-order valence-corrected chi connectivity index (χ3v) is 6.79. The van der Waals surface area contributed by atoms with Crippen molar-refractivity contribution < 1.29 is 14.3 Å². The minimum Gasteiger partial charge on any atom is -0.454 e. The number of benzene rings is 3. The predicted molar refractivity (Wildman–Crippen MR) is 144 cm³/mol. The number of ketones is 1. The Balaban J connectivity index is 1.55. The maximum Gasteiger partial charge on any atom is 0.339 e. The van der Waals surface area contributed by atoms with Crippen LogP contribution in [0.2, 0.25) is 0 Å². The van der Waals surface area contributed by atoms with Gasteiger partial charge in [-0.25, -0.2) is 9.78 Å². The number of carbonyl (C=O) groups is 2. The number of rotatable bonds is 5. The van der Waals surface area contributed by atoms with Crippen LogP contribution in [-0.2, 0) is 11.2 Å². The number of hydrogen-bond donors (Lipinski definition) is 0. The number of carbonyl (C=O) groups excluding carboxylic acids is 2. The molecule has 1 atom stereocenters. The van der Waals surface area contributed by atoms with Crippen molar-refractivity contribution in [3.63, 3.8) is 0 Å². The summed E-state index contributed by atoms with van der Waals surface area (Å²) in [6.07, 6.45) is 3.77. The van der Waals surface area contributed by atoms with Gasteiger partial charge in [0.15, 0.2) is 6.61 Å². The smallest absolute Gasteiger partial charge is 0.339 e. The van der Waals surface area contributed by atoms with Crippen molar-refractivity contribution in [2.75, 3.05) is 6.61 Å². The third-order valence-electron chi connectivity index (χ3n) is 6.79. The normalized spacial score (nSPS) is 16.1. The maximum atomic E-state index is 13.6. The number of aromatic nitrogens is 1. The van der Waals surface area contributed by atoms with E-state index < -0.39 is 5.97 Å². The molecule has 5 rings (SSSR count). The second-order valence-electron chi connectivity index (χ2n) is 9.74. The molecule has 1 heterocycles. The number of para-hydroxylation sites is 1. The molecule has 0 saturated heterocycles. The first-order valence-corrected chi connectivity index (χ1v) is 12.4.